The van der Waals surface area contributed by atoms with E-state index >= 15 is 0 Å². The van der Waals surface area contributed by atoms with Gasteiger partial charge in [0.15, 0.2) is 0 Å². The first kappa shape index (κ1) is 12.0. The van der Waals surface area contributed by atoms with Crippen LogP contribution in [0.3, 0.4) is 0 Å². The molecule has 2 unspecified atom stereocenters. The van der Waals surface area contributed by atoms with Crippen molar-refractivity contribution in [1.29, 1.82) is 0 Å². The second-order valence-electron chi connectivity index (χ2n) is 8.53. The van der Waals surface area contributed by atoms with Crippen molar-refractivity contribution in [1.82, 2.24) is 0 Å². The van der Waals surface area contributed by atoms with Crippen LogP contribution in [0.2, 0.25) is 0 Å². The summed E-state index contributed by atoms with van der Waals surface area (Å²) < 4.78 is 0. The zero-order valence-electron chi connectivity index (χ0n) is 11.9. The zero-order chi connectivity index (χ0) is 12.3. The Morgan fingerprint density at radius 3 is 2.12 bits per heavy atom. The van der Waals surface area contributed by atoms with E-state index in [0.29, 0.717) is 16.2 Å². The second kappa shape index (κ2) is 3.50. The number of hydrogen-bond acceptors (Lipinski definition) is 1. The minimum Gasteiger partial charge on any atom is -0.330 e. The maximum atomic E-state index is 5.90. The summed E-state index contributed by atoms with van der Waals surface area (Å²) >= 11 is 0. The molecule has 4 aliphatic rings. The molecule has 1 heteroatoms. The predicted octanol–water partition coefficient (Wildman–Crippen LogP) is 3.97. The Hall–Kier alpha value is -0.0400. The van der Waals surface area contributed by atoms with Crippen molar-refractivity contribution in [2.75, 3.05) is 6.54 Å². The van der Waals surface area contributed by atoms with E-state index in [4.69, 9.17) is 5.73 Å². The standard InChI is InChI=1S/C16H29N/c1-14(2,3)16-9-12-6-13(10-16)8-15(7-12,11-16)4-5-17/h12-13H,4-11,17H2,1-3H3. The molecule has 2 atom stereocenters. The van der Waals surface area contributed by atoms with E-state index in [2.05, 4.69) is 20.8 Å². The lowest BCUT2D eigenvalue weighted by Crippen LogP contribution is -2.56. The lowest BCUT2D eigenvalue weighted by Gasteiger charge is -2.66. The molecular weight excluding hydrogens is 206 g/mol. The number of hydrogen-bond donors (Lipinski definition) is 1. The molecular formula is C16H29N. The van der Waals surface area contributed by atoms with Crippen molar-refractivity contribution in [3.63, 3.8) is 0 Å². The van der Waals surface area contributed by atoms with Gasteiger partial charge in [-0.3, -0.25) is 0 Å². The third kappa shape index (κ3) is 1.69. The largest absolute Gasteiger partial charge is 0.330 e. The Bertz CT molecular complexity index is 298. The normalized spacial score (nSPS) is 48.7. The summed E-state index contributed by atoms with van der Waals surface area (Å²) in [5.41, 5.74) is 7.68. The molecule has 4 bridgehead atoms. The van der Waals surface area contributed by atoms with Crippen LogP contribution in [0.5, 0.6) is 0 Å². The van der Waals surface area contributed by atoms with Crippen LogP contribution in [-0.4, -0.2) is 6.54 Å². The molecule has 0 heterocycles. The van der Waals surface area contributed by atoms with E-state index in [-0.39, 0.29) is 0 Å². The predicted molar refractivity (Wildman–Crippen MR) is 72.7 cm³/mol. The van der Waals surface area contributed by atoms with Gasteiger partial charge in [-0.1, -0.05) is 20.8 Å². The molecule has 0 aliphatic heterocycles. The summed E-state index contributed by atoms with van der Waals surface area (Å²) in [6.45, 7) is 8.35. The lowest BCUT2D eigenvalue weighted by atomic mass is 9.39. The summed E-state index contributed by atoms with van der Waals surface area (Å²) in [5.74, 6) is 2.06. The quantitative estimate of drug-likeness (QED) is 0.770. The Morgan fingerprint density at radius 1 is 1.06 bits per heavy atom. The molecule has 0 radical (unpaired) electrons. The molecule has 0 spiro atoms. The third-order valence-electron chi connectivity index (χ3n) is 6.45. The van der Waals surface area contributed by atoms with Crippen LogP contribution in [0, 0.1) is 28.1 Å². The molecule has 4 saturated carbocycles. The highest BCUT2D eigenvalue weighted by Gasteiger charge is 2.60. The van der Waals surface area contributed by atoms with Crippen molar-refractivity contribution in [2.45, 2.75) is 65.7 Å². The molecule has 0 saturated heterocycles. The molecule has 4 aliphatic carbocycles. The number of rotatable bonds is 2. The van der Waals surface area contributed by atoms with Gasteiger partial charge in [-0.15, -0.1) is 0 Å². The minimum absolute atomic E-state index is 0.491. The second-order valence-corrected chi connectivity index (χ2v) is 8.53. The van der Waals surface area contributed by atoms with Crippen molar-refractivity contribution >= 4 is 0 Å². The Labute approximate surface area is 107 Å². The van der Waals surface area contributed by atoms with Gasteiger partial charge in [0.1, 0.15) is 0 Å². The third-order valence-corrected chi connectivity index (χ3v) is 6.45. The topological polar surface area (TPSA) is 26.0 Å². The van der Waals surface area contributed by atoms with E-state index in [9.17, 15) is 0 Å². The molecule has 0 aromatic heterocycles. The van der Waals surface area contributed by atoms with Gasteiger partial charge < -0.3 is 5.73 Å². The molecule has 0 aromatic rings. The van der Waals surface area contributed by atoms with E-state index in [1.54, 1.807) is 0 Å². The van der Waals surface area contributed by atoms with Gasteiger partial charge in [-0.05, 0) is 79.6 Å². The van der Waals surface area contributed by atoms with Crippen LogP contribution in [0.25, 0.3) is 0 Å². The van der Waals surface area contributed by atoms with E-state index in [1.807, 2.05) is 0 Å². The first-order valence-electron chi connectivity index (χ1n) is 7.58. The summed E-state index contributed by atoms with van der Waals surface area (Å²) in [6, 6.07) is 0. The molecule has 4 rings (SSSR count). The SMILES string of the molecule is CC(C)(C)C12CC3CC(CC(CCN)(C3)C1)C2. The molecule has 1 nitrogen and oxygen atoms in total. The van der Waals surface area contributed by atoms with Gasteiger partial charge in [0, 0.05) is 0 Å². The highest BCUT2D eigenvalue weighted by atomic mass is 14.7. The molecule has 2 N–H and O–H groups in total. The fourth-order valence-electron chi connectivity index (χ4n) is 5.93. The van der Waals surface area contributed by atoms with Gasteiger partial charge in [0.2, 0.25) is 0 Å². The fraction of sp³-hybridized carbons (Fsp3) is 1.00. The van der Waals surface area contributed by atoms with Crippen molar-refractivity contribution in [3.8, 4) is 0 Å². The van der Waals surface area contributed by atoms with Gasteiger partial charge in [-0.25, -0.2) is 0 Å². The monoisotopic (exact) mass is 235 g/mol. The van der Waals surface area contributed by atoms with Crippen LogP contribution in [-0.2, 0) is 0 Å². The van der Waals surface area contributed by atoms with Crippen LogP contribution in [0.4, 0.5) is 0 Å². The average molecular weight is 235 g/mol. The smallest absolute Gasteiger partial charge is 0.00720 e. The van der Waals surface area contributed by atoms with Gasteiger partial charge in [-0.2, -0.15) is 0 Å². The highest BCUT2D eigenvalue weighted by Crippen LogP contribution is 2.70. The Kier molecular flexibility index (Phi) is 2.47. The molecule has 0 aromatic carbocycles. The molecule has 98 valence electrons. The summed E-state index contributed by atoms with van der Waals surface area (Å²) in [6.07, 6.45) is 10.3. The first-order valence-corrected chi connectivity index (χ1v) is 7.58. The van der Waals surface area contributed by atoms with Crippen molar-refractivity contribution in [2.24, 2.45) is 33.8 Å². The van der Waals surface area contributed by atoms with Gasteiger partial charge in [0.05, 0.1) is 0 Å². The van der Waals surface area contributed by atoms with Crippen molar-refractivity contribution < 1.29 is 0 Å². The van der Waals surface area contributed by atoms with Crippen LogP contribution in [0.1, 0.15) is 65.7 Å². The Morgan fingerprint density at radius 2 is 1.65 bits per heavy atom. The van der Waals surface area contributed by atoms with Crippen LogP contribution in [0.15, 0.2) is 0 Å². The molecule has 4 fully saturated rings. The summed E-state index contributed by atoms with van der Waals surface area (Å²) in [5, 5.41) is 0. The highest BCUT2D eigenvalue weighted by molar-refractivity contribution is 5.10. The summed E-state index contributed by atoms with van der Waals surface area (Å²) in [7, 11) is 0. The molecule has 17 heavy (non-hydrogen) atoms. The first-order chi connectivity index (χ1) is 7.88. The Balaban J connectivity index is 1.94. The average Bonchev–Trinajstić information content (AvgIpc) is 2.12. The van der Waals surface area contributed by atoms with Gasteiger partial charge >= 0.3 is 0 Å². The summed E-state index contributed by atoms with van der Waals surface area (Å²) in [4.78, 5) is 0. The van der Waals surface area contributed by atoms with Gasteiger partial charge in [0.25, 0.3) is 0 Å². The van der Waals surface area contributed by atoms with E-state index in [0.717, 1.165) is 18.4 Å². The van der Waals surface area contributed by atoms with Crippen molar-refractivity contribution in [3.05, 3.63) is 0 Å². The van der Waals surface area contributed by atoms with Crippen LogP contribution < -0.4 is 5.73 Å². The molecule has 0 amide bonds. The maximum Gasteiger partial charge on any atom is -0.00720 e. The maximum absolute atomic E-state index is 5.90. The lowest BCUT2D eigenvalue weighted by molar-refractivity contribution is -0.158. The van der Waals surface area contributed by atoms with Crippen LogP contribution >= 0.6 is 0 Å². The van der Waals surface area contributed by atoms with E-state index in [1.165, 1.54) is 44.9 Å². The fourth-order valence-corrected chi connectivity index (χ4v) is 5.93. The number of nitrogens with two attached hydrogens (primary N) is 1. The minimum atomic E-state index is 0.491. The zero-order valence-corrected chi connectivity index (χ0v) is 11.9. The van der Waals surface area contributed by atoms with E-state index < -0.39 is 0 Å².